The first-order valence-electron chi connectivity index (χ1n) is 6.40. The van der Waals surface area contributed by atoms with Crippen molar-refractivity contribution in [2.45, 2.75) is 6.92 Å². The molecule has 21 heavy (non-hydrogen) atoms. The summed E-state index contributed by atoms with van der Waals surface area (Å²) in [5.41, 5.74) is 0.830. The van der Waals surface area contributed by atoms with Crippen molar-refractivity contribution in [1.82, 2.24) is 4.98 Å². The second-order valence-electron chi connectivity index (χ2n) is 4.10. The monoisotopic (exact) mass is 347 g/mol. The Morgan fingerprint density at radius 2 is 2.19 bits per heavy atom. The van der Waals surface area contributed by atoms with Gasteiger partial charge in [-0.2, -0.15) is 0 Å². The van der Waals surface area contributed by atoms with Gasteiger partial charge in [-0.15, -0.1) is 0 Å². The molecule has 5 heteroatoms. The number of pyridine rings is 1. The van der Waals surface area contributed by atoms with Gasteiger partial charge in [0, 0.05) is 16.7 Å². The third-order valence-electron chi connectivity index (χ3n) is 2.46. The van der Waals surface area contributed by atoms with Crippen LogP contribution in [0.1, 0.15) is 12.5 Å². The zero-order chi connectivity index (χ0) is 15.1. The van der Waals surface area contributed by atoms with Gasteiger partial charge in [-0.3, -0.25) is 4.98 Å². The minimum Gasteiger partial charge on any atom is -0.463 e. The molecule has 4 nitrogen and oxygen atoms in total. The van der Waals surface area contributed by atoms with Gasteiger partial charge in [0.1, 0.15) is 11.5 Å². The van der Waals surface area contributed by atoms with Gasteiger partial charge in [-0.1, -0.05) is 15.9 Å². The van der Waals surface area contributed by atoms with E-state index in [-0.39, 0.29) is 5.97 Å². The molecule has 0 aliphatic rings. The number of carbonyl (C=O) groups excluding carboxylic acids is 1. The lowest BCUT2D eigenvalue weighted by molar-refractivity contribution is -0.137. The van der Waals surface area contributed by atoms with Gasteiger partial charge in [0.05, 0.1) is 12.8 Å². The molecule has 0 saturated carbocycles. The molecule has 0 N–H and O–H groups in total. The molecule has 0 aliphatic carbocycles. The van der Waals surface area contributed by atoms with E-state index in [0.29, 0.717) is 18.1 Å². The van der Waals surface area contributed by atoms with Crippen molar-refractivity contribution >= 4 is 28.0 Å². The van der Waals surface area contributed by atoms with E-state index >= 15 is 0 Å². The number of nitrogens with zero attached hydrogens (tertiary/aromatic N) is 1. The molecule has 108 valence electrons. The first-order chi connectivity index (χ1) is 10.2. The maximum atomic E-state index is 11.3. The molecule has 0 aliphatic heterocycles. The summed E-state index contributed by atoms with van der Waals surface area (Å²) in [4.78, 5) is 15.3. The van der Waals surface area contributed by atoms with Crippen LogP contribution in [-0.4, -0.2) is 17.6 Å². The van der Waals surface area contributed by atoms with Gasteiger partial charge >= 0.3 is 5.97 Å². The fraction of sp³-hybridized carbons (Fsp3) is 0.125. The van der Waals surface area contributed by atoms with E-state index < -0.39 is 0 Å². The Bertz CT molecular complexity index is 641. The smallest absolute Gasteiger partial charge is 0.330 e. The Morgan fingerprint density at radius 3 is 2.90 bits per heavy atom. The third kappa shape index (κ3) is 5.04. The number of carbonyl (C=O) groups is 1. The minimum atomic E-state index is -0.368. The summed E-state index contributed by atoms with van der Waals surface area (Å²) in [5.74, 6) is 0.934. The summed E-state index contributed by atoms with van der Waals surface area (Å²) < 4.78 is 11.4. The Labute approximate surface area is 131 Å². The van der Waals surface area contributed by atoms with Crippen LogP contribution in [0.2, 0.25) is 0 Å². The second kappa shape index (κ2) is 7.59. The fourth-order valence-electron chi connectivity index (χ4n) is 1.64. The quantitative estimate of drug-likeness (QED) is 0.600. The Kier molecular flexibility index (Phi) is 5.51. The van der Waals surface area contributed by atoms with E-state index in [4.69, 9.17) is 9.47 Å². The molecule has 0 bridgehead atoms. The van der Waals surface area contributed by atoms with Crippen LogP contribution in [0.5, 0.6) is 11.5 Å². The van der Waals surface area contributed by atoms with Crippen LogP contribution >= 0.6 is 15.9 Å². The van der Waals surface area contributed by atoms with Crippen LogP contribution in [0, 0.1) is 0 Å². The highest BCUT2D eigenvalue weighted by molar-refractivity contribution is 9.10. The number of esters is 1. The first-order valence-corrected chi connectivity index (χ1v) is 7.20. The fourth-order valence-corrected chi connectivity index (χ4v) is 2.13. The van der Waals surface area contributed by atoms with Crippen LogP contribution < -0.4 is 4.74 Å². The average Bonchev–Trinajstić information content (AvgIpc) is 2.46. The standard InChI is InChI=1S/C16H14BrNO3/c1-2-20-16(19)6-5-12-8-13(17)10-15(9-12)21-14-4-3-7-18-11-14/h3-11H,2H2,1H3/b6-5+. The minimum absolute atomic E-state index is 0.358. The lowest BCUT2D eigenvalue weighted by Crippen LogP contribution is -1.98. The van der Waals surface area contributed by atoms with E-state index in [1.807, 2.05) is 24.3 Å². The van der Waals surface area contributed by atoms with Gasteiger partial charge < -0.3 is 9.47 Å². The number of aromatic nitrogens is 1. The predicted molar refractivity (Wildman–Crippen MR) is 84.1 cm³/mol. The molecule has 0 saturated heterocycles. The summed E-state index contributed by atoms with van der Waals surface area (Å²) in [6.07, 6.45) is 6.38. The van der Waals surface area contributed by atoms with Gasteiger partial charge in [0.2, 0.25) is 0 Å². The molecular weight excluding hydrogens is 334 g/mol. The maximum Gasteiger partial charge on any atom is 0.330 e. The van der Waals surface area contributed by atoms with Gasteiger partial charge in [-0.05, 0) is 48.9 Å². The molecule has 1 aromatic heterocycles. The zero-order valence-electron chi connectivity index (χ0n) is 11.5. The van der Waals surface area contributed by atoms with Crippen LogP contribution in [0.4, 0.5) is 0 Å². The van der Waals surface area contributed by atoms with Gasteiger partial charge in [0.15, 0.2) is 0 Å². The van der Waals surface area contributed by atoms with E-state index in [9.17, 15) is 4.79 Å². The lowest BCUT2D eigenvalue weighted by atomic mass is 10.2. The predicted octanol–water partition coefficient (Wildman–Crippen LogP) is 4.21. The Balaban J connectivity index is 2.15. The summed E-state index contributed by atoms with van der Waals surface area (Å²) in [5, 5.41) is 0. The van der Waals surface area contributed by atoms with E-state index in [1.165, 1.54) is 6.08 Å². The van der Waals surface area contributed by atoms with Crippen molar-refractivity contribution in [2.24, 2.45) is 0 Å². The molecule has 1 heterocycles. The number of hydrogen-bond donors (Lipinski definition) is 0. The van der Waals surface area contributed by atoms with Crippen LogP contribution in [0.25, 0.3) is 6.08 Å². The summed E-state index contributed by atoms with van der Waals surface area (Å²) in [7, 11) is 0. The average molecular weight is 348 g/mol. The summed E-state index contributed by atoms with van der Waals surface area (Å²) in [6.45, 7) is 2.13. The van der Waals surface area contributed by atoms with Crippen LogP contribution in [0.15, 0.2) is 53.3 Å². The molecule has 0 spiro atoms. The van der Waals surface area contributed by atoms with E-state index in [1.54, 1.807) is 31.5 Å². The highest BCUT2D eigenvalue weighted by atomic mass is 79.9. The van der Waals surface area contributed by atoms with Gasteiger partial charge in [0.25, 0.3) is 0 Å². The van der Waals surface area contributed by atoms with Crippen molar-refractivity contribution in [3.63, 3.8) is 0 Å². The van der Waals surface area contributed by atoms with Crippen molar-refractivity contribution in [3.05, 3.63) is 58.8 Å². The Morgan fingerprint density at radius 1 is 1.33 bits per heavy atom. The third-order valence-corrected chi connectivity index (χ3v) is 2.92. The molecule has 0 radical (unpaired) electrons. The number of benzene rings is 1. The zero-order valence-corrected chi connectivity index (χ0v) is 13.0. The molecule has 0 amide bonds. The molecule has 0 fully saturated rings. The van der Waals surface area contributed by atoms with Crippen molar-refractivity contribution in [2.75, 3.05) is 6.61 Å². The number of hydrogen-bond acceptors (Lipinski definition) is 4. The summed E-state index contributed by atoms with van der Waals surface area (Å²) in [6, 6.07) is 9.17. The molecule has 2 rings (SSSR count). The lowest BCUT2D eigenvalue weighted by Gasteiger charge is -2.06. The van der Waals surface area contributed by atoms with Crippen molar-refractivity contribution in [1.29, 1.82) is 0 Å². The van der Waals surface area contributed by atoms with E-state index in [0.717, 1.165) is 10.0 Å². The van der Waals surface area contributed by atoms with Crippen LogP contribution in [-0.2, 0) is 9.53 Å². The molecule has 2 aromatic rings. The molecule has 0 unspecified atom stereocenters. The number of rotatable bonds is 5. The summed E-state index contributed by atoms with van der Waals surface area (Å²) >= 11 is 3.42. The highest BCUT2D eigenvalue weighted by Gasteiger charge is 2.02. The second-order valence-corrected chi connectivity index (χ2v) is 5.01. The molecular formula is C16H14BrNO3. The normalized spacial score (nSPS) is 10.6. The largest absolute Gasteiger partial charge is 0.463 e. The molecule has 0 atom stereocenters. The SMILES string of the molecule is CCOC(=O)/C=C/c1cc(Br)cc(Oc2cccnc2)c1. The number of ether oxygens (including phenoxy) is 2. The van der Waals surface area contributed by atoms with Crippen molar-refractivity contribution in [3.8, 4) is 11.5 Å². The topological polar surface area (TPSA) is 48.4 Å². The first kappa shape index (κ1) is 15.3. The highest BCUT2D eigenvalue weighted by Crippen LogP contribution is 2.26. The number of halogens is 1. The maximum absolute atomic E-state index is 11.3. The van der Waals surface area contributed by atoms with E-state index in [2.05, 4.69) is 20.9 Å². The van der Waals surface area contributed by atoms with Gasteiger partial charge in [-0.25, -0.2) is 4.79 Å². The van der Waals surface area contributed by atoms with Crippen molar-refractivity contribution < 1.29 is 14.3 Å². The molecule has 1 aromatic carbocycles. The van der Waals surface area contributed by atoms with Crippen LogP contribution in [0.3, 0.4) is 0 Å². The Hall–Kier alpha value is -2.14.